The summed E-state index contributed by atoms with van der Waals surface area (Å²) in [5, 5.41) is 0.649. The maximum absolute atomic E-state index is 12.8. The van der Waals surface area contributed by atoms with Crippen molar-refractivity contribution in [2.45, 2.75) is 12.2 Å². The molecule has 0 aliphatic rings. The van der Waals surface area contributed by atoms with E-state index in [9.17, 15) is 12.8 Å². The molecule has 0 spiro atoms. The number of nitrogens with one attached hydrogen (secondary N) is 1. The fraction of sp³-hybridized carbons (Fsp3) is 0.200. The van der Waals surface area contributed by atoms with Crippen molar-refractivity contribution in [1.82, 2.24) is 4.72 Å². The molecule has 0 fully saturated rings. The third-order valence-electron chi connectivity index (χ3n) is 2.92. The lowest BCUT2D eigenvalue weighted by molar-refractivity contribution is 0.580. The van der Waals surface area contributed by atoms with E-state index in [1.807, 2.05) is 12.1 Å². The summed E-state index contributed by atoms with van der Waals surface area (Å²) in [7, 11) is -3.42. The Labute approximate surface area is 128 Å². The Morgan fingerprint density at radius 3 is 2.14 bits per heavy atom. The Kier molecular flexibility index (Phi) is 5.33. The summed E-state index contributed by atoms with van der Waals surface area (Å²) < 4.78 is 39.1. The summed E-state index contributed by atoms with van der Waals surface area (Å²) >= 11 is 5.78. The van der Waals surface area contributed by atoms with Crippen molar-refractivity contribution in [1.29, 1.82) is 0 Å². The molecule has 0 aliphatic heterocycles. The van der Waals surface area contributed by atoms with Crippen LogP contribution in [0, 0.1) is 5.82 Å². The third-order valence-corrected chi connectivity index (χ3v) is 4.53. The summed E-state index contributed by atoms with van der Waals surface area (Å²) in [4.78, 5) is 0. The Morgan fingerprint density at radius 2 is 1.52 bits per heavy atom. The average molecular weight is 328 g/mol. The van der Waals surface area contributed by atoms with Gasteiger partial charge in [-0.05, 0) is 41.8 Å². The van der Waals surface area contributed by atoms with E-state index < -0.39 is 10.0 Å². The van der Waals surface area contributed by atoms with Crippen LogP contribution in [0.5, 0.6) is 0 Å². The molecule has 0 bridgehead atoms. The summed E-state index contributed by atoms with van der Waals surface area (Å²) in [5.41, 5.74) is 1.55. The first-order valence-electron chi connectivity index (χ1n) is 6.41. The molecule has 2 aromatic carbocycles. The molecule has 0 radical (unpaired) electrons. The van der Waals surface area contributed by atoms with Crippen molar-refractivity contribution in [2.75, 3.05) is 6.54 Å². The second kappa shape index (κ2) is 7.02. The molecule has 0 amide bonds. The lowest BCUT2D eigenvalue weighted by atomic mass is 10.2. The Morgan fingerprint density at radius 1 is 0.952 bits per heavy atom. The first-order chi connectivity index (χ1) is 9.94. The molecule has 112 valence electrons. The van der Waals surface area contributed by atoms with Crippen LogP contribution in [0.3, 0.4) is 0 Å². The van der Waals surface area contributed by atoms with Crippen molar-refractivity contribution in [3.05, 3.63) is 70.5 Å². The lowest BCUT2D eigenvalue weighted by Gasteiger charge is -2.07. The molecule has 3 nitrogen and oxygen atoms in total. The SMILES string of the molecule is O=S(=O)(Cc1ccc(F)cc1)NCCc1ccc(Cl)cc1. The zero-order valence-corrected chi connectivity index (χ0v) is 12.8. The molecule has 21 heavy (non-hydrogen) atoms. The molecule has 0 aromatic heterocycles. The van der Waals surface area contributed by atoms with Crippen molar-refractivity contribution >= 4 is 21.6 Å². The fourth-order valence-electron chi connectivity index (χ4n) is 1.85. The van der Waals surface area contributed by atoms with Crippen LogP contribution in [0.4, 0.5) is 4.39 Å². The second-order valence-corrected chi connectivity index (χ2v) is 6.90. The second-order valence-electron chi connectivity index (χ2n) is 4.66. The van der Waals surface area contributed by atoms with E-state index in [0.717, 1.165) is 5.56 Å². The zero-order chi connectivity index (χ0) is 15.3. The molecule has 0 saturated heterocycles. The van der Waals surface area contributed by atoms with Gasteiger partial charge in [0.05, 0.1) is 5.75 Å². The van der Waals surface area contributed by atoms with E-state index >= 15 is 0 Å². The normalized spacial score (nSPS) is 11.5. The summed E-state index contributed by atoms with van der Waals surface area (Å²) in [5.74, 6) is -0.541. The smallest absolute Gasteiger partial charge is 0.215 e. The van der Waals surface area contributed by atoms with Gasteiger partial charge in [0.25, 0.3) is 0 Å². The highest BCUT2D eigenvalue weighted by atomic mass is 35.5. The molecular formula is C15H15ClFNO2S. The van der Waals surface area contributed by atoms with Gasteiger partial charge in [-0.2, -0.15) is 0 Å². The van der Waals surface area contributed by atoms with Crippen molar-refractivity contribution < 1.29 is 12.8 Å². The molecular weight excluding hydrogens is 313 g/mol. The van der Waals surface area contributed by atoms with Gasteiger partial charge in [0.2, 0.25) is 10.0 Å². The van der Waals surface area contributed by atoms with Crippen molar-refractivity contribution in [3.63, 3.8) is 0 Å². The zero-order valence-electron chi connectivity index (χ0n) is 11.2. The van der Waals surface area contributed by atoms with Gasteiger partial charge in [0, 0.05) is 11.6 Å². The van der Waals surface area contributed by atoms with Crippen molar-refractivity contribution in [3.8, 4) is 0 Å². The summed E-state index contributed by atoms with van der Waals surface area (Å²) in [6.45, 7) is 0.311. The van der Waals surface area contributed by atoms with E-state index in [0.29, 0.717) is 23.6 Å². The van der Waals surface area contributed by atoms with Crippen LogP contribution in [0.2, 0.25) is 5.02 Å². The van der Waals surface area contributed by atoms with Crippen LogP contribution in [0.1, 0.15) is 11.1 Å². The standard InChI is InChI=1S/C15H15ClFNO2S/c16-14-5-1-12(2-6-14)9-10-18-21(19,20)11-13-3-7-15(17)8-4-13/h1-8,18H,9-11H2. The molecule has 6 heteroatoms. The van der Waals surface area contributed by atoms with Gasteiger partial charge >= 0.3 is 0 Å². The maximum Gasteiger partial charge on any atom is 0.215 e. The van der Waals surface area contributed by atoms with Gasteiger partial charge in [-0.1, -0.05) is 35.9 Å². The van der Waals surface area contributed by atoms with Gasteiger partial charge in [-0.15, -0.1) is 0 Å². The van der Waals surface area contributed by atoms with Gasteiger partial charge in [0.15, 0.2) is 0 Å². The molecule has 1 N–H and O–H groups in total. The van der Waals surface area contributed by atoms with E-state index in [1.165, 1.54) is 24.3 Å². The molecule has 0 heterocycles. The quantitative estimate of drug-likeness (QED) is 0.886. The monoisotopic (exact) mass is 327 g/mol. The highest BCUT2D eigenvalue weighted by molar-refractivity contribution is 7.88. The Bertz CT molecular complexity index is 685. The van der Waals surface area contributed by atoms with E-state index in [-0.39, 0.29) is 11.6 Å². The number of halogens is 2. The van der Waals surface area contributed by atoms with Crippen LogP contribution in [-0.4, -0.2) is 15.0 Å². The predicted octanol–water partition coefficient (Wildman–Crippen LogP) is 3.14. The van der Waals surface area contributed by atoms with Gasteiger partial charge < -0.3 is 0 Å². The first-order valence-corrected chi connectivity index (χ1v) is 8.44. The first kappa shape index (κ1) is 15.9. The molecule has 0 atom stereocenters. The Hall–Kier alpha value is -1.43. The molecule has 0 aliphatic carbocycles. The number of hydrogen-bond donors (Lipinski definition) is 1. The van der Waals surface area contributed by atoms with E-state index in [4.69, 9.17) is 11.6 Å². The highest BCUT2D eigenvalue weighted by Gasteiger charge is 2.11. The van der Waals surface area contributed by atoms with Gasteiger partial charge in [-0.3, -0.25) is 0 Å². The molecule has 0 unspecified atom stereocenters. The van der Waals surface area contributed by atoms with Crippen LogP contribution in [0.25, 0.3) is 0 Å². The van der Waals surface area contributed by atoms with Crippen LogP contribution in [-0.2, 0) is 22.2 Å². The molecule has 0 saturated carbocycles. The third kappa shape index (κ3) is 5.46. The number of sulfonamides is 1. The molecule has 2 rings (SSSR count). The predicted molar refractivity (Wildman–Crippen MR) is 82.2 cm³/mol. The number of rotatable bonds is 6. The topological polar surface area (TPSA) is 46.2 Å². The van der Waals surface area contributed by atoms with Crippen LogP contribution in [0.15, 0.2) is 48.5 Å². The lowest BCUT2D eigenvalue weighted by Crippen LogP contribution is -2.27. The molecule has 2 aromatic rings. The number of hydrogen-bond acceptors (Lipinski definition) is 2. The highest BCUT2D eigenvalue weighted by Crippen LogP contribution is 2.10. The fourth-order valence-corrected chi connectivity index (χ4v) is 3.13. The largest absolute Gasteiger partial charge is 0.215 e. The minimum Gasteiger partial charge on any atom is -0.215 e. The average Bonchev–Trinajstić information content (AvgIpc) is 2.43. The van der Waals surface area contributed by atoms with E-state index in [1.54, 1.807) is 12.1 Å². The van der Waals surface area contributed by atoms with Crippen LogP contribution >= 0.6 is 11.6 Å². The number of benzene rings is 2. The maximum atomic E-state index is 12.8. The van der Waals surface area contributed by atoms with Crippen LogP contribution < -0.4 is 4.72 Å². The minimum atomic E-state index is -3.42. The summed E-state index contributed by atoms with van der Waals surface area (Å²) in [6.07, 6.45) is 0.583. The Balaban J connectivity index is 1.86. The van der Waals surface area contributed by atoms with E-state index in [2.05, 4.69) is 4.72 Å². The van der Waals surface area contributed by atoms with Crippen molar-refractivity contribution in [2.24, 2.45) is 0 Å². The minimum absolute atomic E-state index is 0.159. The van der Waals surface area contributed by atoms with Gasteiger partial charge in [-0.25, -0.2) is 17.5 Å². The van der Waals surface area contributed by atoms with Gasteiger partial charge in [0.1, 0.15) is 5.82 Å². The summed E-state index contributed by atoms with van der Waals surface area (Å²) in [6, 6.07) is 12.7.